The first-order valence-electron chi connectivity index (χ1n) is 16.3. The Morgan fingerprint density at radius 3 is 2.00 bits per heavy atom. The normalized spacial score (nSPS) is 24.5. The maximum absolute atomic E-state index is 12.7. The zero-order valence-electron chi connectivity index (χ0n) is 26.4. The summed E-state index contributed by atoms with van der Waals surface area (Å²) in [5, 5.41) is 53.6. The van der Waals surface area contributed by atoms with Crippen LogP contribution < -0.4 is 5.32 Å². The van der Waals surface area contributed by atoms with Crippen molar-refractivity contribution in [2.45, 2.75) is 147 Å². The van der Waals surface area contributed by atoms with E-state index < -0.39 is 49.5 Å². The molecule has 43 heavy (non-hydrogen) atoms. The van der Waals surface area contributed by atoms with E-state index in [1.54, 1.807) is 0 Å². The van der Waals surface area contributed by atoms with Crippen LogP contribution in [-0.2, 0) is 14.3 Å². The van der Waals surface area contributed by atoms with E-state index in [2.05, 4.69) is 55.6 Å². The molecule has 0 spiro atoms. The number of unbranched alkanes of at least 4 members (excludes halogenated alkanes) is 6. The van der Waals surface area contributed by atoms with Gasteiger partial charge in [0.15, 0.2) is 6.29 Å². The molecular formula is C34H59NO8. The maximum Gasteiger partial charge on any atom is 0.220 e. The molecule has 1 rings (SSSR count). The Kier molecular flexibility index (Phi) is 23.2. The minimum absolute atomic E-state index is 0.171. The predicted octanol–water partition coefficient (Wildman–Crippen LogP) is 4.37. The molecular weight excluding hydrogens is 550 g/mol. The van der Waals surface area contributed by atoms with Crippen molar-refractivity contribution < 1.29 is 39.8 Å². The van der Waals surface area contributed by atoms with Gasteiger partial charge in [-0.2, -0.15) is 0 Å². The molecule has 0 aromatic carbocycles. The Morgan fingerprint density at radius 2 is 1.40 bits per heavy atom. The summed E-state index contributed by atoms with van der Waals surface area (Å²) in [6, 6.07) is -0.752. The van der Waals surface area contributed by atoms with Crippen LogP contribution in [0.5, 0.6) is 0 Å². The minimum Gasteiger partial charge on any atom is -0.394 e. The Labute approximate surface area is 259 Å². The van der Waals surface area contributed by atoms with Crippen molar-refractivity contribution in [1.82, 2.24) is 5.32 Å². The minimum atomic E-state index is -1.56. The third-order valence-corrected chi connectivity index (χ3v) is 7.46. The van der Waals surface area contributed by atoms with Crippen molar-refractivity contribution in [1.29, 1.82) is 0 Å². The Morgan fingerprint density at radius 1 is 0.814 bits per heavy atom. The molecule has 7 atom stereocenters. The van der Waals surface area contributed by atoms with Gasteiger partial charge in [0.1, 0.15) is 24.4 Å². The van der Waals surface area contributed by atoms with Gasteiger partial charge in [0.05, 0.1) is 25.4 Å². The SMILES string of the molecule is CC/C=C\C/C=C\C/C=C\C/C=C\CCC(=O)NC(COC1OC(CO)C(O)C(O)C1O)C(O)CCCCCCCCC. The maximum atomic E-state index is 12.7. The fraction of sp³-hybridized carbons (Fsp3) is 0.735. The van der Waals surface area contributed by atoms with Crippen LogP contribution in [0.4, 0.5) is 0 Å². The van der Waals surface area contributed by atoms with Gasteiger partial charge in [-0.05, 0) is 38.5 Å². The number of hydrogen-bond acceptors (Lipinski definition) is 8. The molecule has 0 saturated carbocycles. The van der Waals surface area contributed by atoms with E-state index in [1.165, 1.54) is 25.7 Å². The summed E-state index contributed by atoms with van der Waals surface area (Å²) in [4.78, 5) is 12.7. The van der Waals surface area contributed by atoms with Gasteiger partial charge in [-0.15, -0.1) is 0 Å². The van der Waals surface area contributed by atoms with E-state index in [-0.39, 0.29) is 18.9 Å². The summed E-state index contributed by atoms with van der Waals surface area (Å²) in [5.41, 5.74) is 0. The van der Waals surface area contributed by atoms with Crippen LogP contribution in [0.25, 0.3) is 0 Å². The molecule has 0 aliphatic carbocycles. The first-order chi connectivity index (χ1) is 20.8. The lowest BCUT2D eigenvalue weighted by molar-refractivity contribution is -0.302. The number of carbonyl (C=O) groups is 1. The number of hydrogen-bond donors (Lipinski definition) is 6. The van der Waals surface area contributed by atoms with Crippen LogP contribution in [0, 0.1) is 0 Å². The largest absolute Gasteiger partial charge is 0.394 e. The summed E-state index contributed by atoms with van der Waals surface area (Å²) in [6.07, 6.45) is 21.6. The Hall–Kier alpha value is -1.85. The zero-order chi connectivity index (χ0) is 31.7. The summed E-state index contributed by atoms with van der Waals surface area (Å²) in [7, 11) is 0. The smallest absolute Gasteiger partial charge is 0.220 e. The van der Waals surface area contributed by atoms with E-state index in [0.29, 0.717) is 12.8 Å². The van der Waals surface area contributed by atoms with Crippen molar-refractivity contribution in [2.24, 2.45) is 0 Å². The van der Waals surface area contributed by atoms with Gasteiger partial charge in [0, 0.05) is 6.42 Å². The molecule has 1 saturated heterocycles. The lowest BCUT2D eigenvalue weighted by atomic mass is 9.99. The third kappa shape index (κ3) is 17.9. The fourth-order valence-electron chi connectivity index (χ4n) is 4.76. The number of aliphatic hydroxyl groups excluding tert-OH is 5. The van der Waals surface area contributed by atoms with Gasteiger partial charge < -0.3 is 40.3 Å². The molecule has 1 aliphatic heterocycles. The molecule has 1 heterocycles. The lowest BCUT2D eigenvalue weighted by Crippen LogP contribution is -2.60. The van der Waals surface area contributed by atoms with Crippen molar-refractivity contribution in [3.63, 3.8) is 0 Å². The van der Waals surface area contributed by atoms with Gasteiger partial charge in [0.25, 0.3) is 0 Å². The van der Waals surface area contributed by atoms with Crippen molar-refractivity contribution >= 4 is 5.91 Å². The molecule has 0 aromatic heterocycles. The van der Waals surface area contributed by atoms with Crippen LogP contribution in [0.1, 0.15) is 104 Å². The van der Waals surface area contributed by atoms with E-state index in [1.807, 2.05) is 12.2 Å². The molecule has 1 amide bonds. The second kappa shape index (κ2) is 25.5. The highest BCUT2D eigenvalue weighted by atomic mass is 16.7. The summed E-state index contributed by atoms with van der Waals surface area (Å²) >= 11 is 0. The number of ether oxygens (including phenoxy) is 2. The molecule has 248 valence electrons. The average molecular weight is 610 g/mol. The highest BCUT2D eigenvalue weighted by molar-refractivity contribution is 5.76. The summed E-state index contributed by atoms with van der Waals surface area (Å²) in [5.74, 6) is -0.233. The van der Waals surface area contributed by atoms with Crippen LogP contribution in [0.2, 0.25) is 0 Å². The monoisotopic (exact) mass is 609 g/mol. The standard InChI is InChI=1S/C34H59NO8/c1-3-5-7-9-11-12-13-14-15-16-18-20-22-24-30(38)35-27(28(37)23-21-19-17-10-8-6-4-2)26-42-34-33(41)32(40)31(39)29(25-36)43-34/h5,7,11-12,14-15,18,20,27-29,31-34,36-37,39-41H,3-4,6,8-10,13,16-17,19,21-26H2,1-2H3,(H,35,38)/b7-5-,12-11-,15-14-,20-18-. The summed E-state index contributed by atoms with van der Waals surface area (Å²) < 4.78 is 11.1. The van der Waals surface area contributed by atoms with E-state index in [0.717, 1.165) is 44.9 Å². The number of nitrogens with one attached hydrogen (secondary N) is 1. The van der Waals surface area contributed by atoms with E-state index >= 15 is 0 Å². The number of rotatable bonds is 24. The molecule has 7 unspecified atom stereocenters. The number of aliphatic hydroxyl groups is 5. The van der Waals surface area contributed by atoms with Gasteiger partial charge in [-0.1, -0.05) is 107 Å². The van der Waals surface area contributed by atoms with Crippen molar-refractivity contribution in [2.75, 3.05) is 13.2 Å². The molecule has 0 radical (unpaired) electrons. The van der Waals surface area contributed by atoms with Crippen molar-refractivity contribution in [3.05, 3.63) is 48.6 Å². The van der Waals surface area contributed by atoms with Crippen LogP contribution in [0.3, 0.4) is 0 Å². The second-order valence-corrected chi connectivity index (χ2v) is 11.2. The topological polar surface area (TPSA) is 149 Å². The molecule has 1 aliphatic rings. The lowest BCUT2D eigenvalue weighted by Gasteiger charge is -2.40. The van der Waals surface area contributed by atoms with Gasteiger partial charge in [0.2, 0.25) is 5.91 Å². The molecule has 0 aromatic rings. The molecule has 9 nitrogen and oxygen atoms in total. The molecule has 1 fully saturated rings. The van der Waals surface area contributed by atoms with Crippen LogP contribution in [0.15, 0.2) is 48.6 Å². The van der Waals surface area contributed by atoms with E-state index in [4.69, 9.17) is 9.47 Å². The Bertz CT molecular complexity index is 812. The molecule has 9 heteroatoms. The molecule has 0 bridgehead atoms. The van der Waals surface area contributed by atoms with Gasteiger partial charge in [-0.25, -0.2) is 0 Å². The first kappa shape index (κ1) is 39.2. The number of amides is 1. The van der Waals surface area contributed by atoms with Gasteiger partial charge >= 0.3 is 0 Å². The quantitative estimate of drug-likeness (QED) is 0.0698. The molecule has 6 N–H and O–H groups in total. The zero-order valence-corrected chi connectivity index (χ0v) is 26.4. The number of allylic oxidation sites excluding steroid dienone is 8. The van der Waals surface area contributed by atoms with Crippen LogP contribution in [-0.4, -0.2) is 87.5 Å². The third-order valence-electron chi connectivity index (χ3n) is 7.46. The summed E-state index contributed by atoms with van der Waals surface area (Å²) in [6.45, 7) is 3.56. The van der Waals surface area contributed by atoms with Crippen LogP contribution >= 0.6 is 0 Å². The Balaban J connectivity index is 2.55. The van der Waals surface area contributed by atoms with Crippen molar-refractivity contribution in [3.8, 4) is 0 Å². The highest BCUT2D eigenvalue weighted by Crippen LogP contribution is 2.22. The van der Waals surface area contributed by atoms with E-state index in [9.17, 15) is 30.3 Å². The predicted molar refractivity (Wildman–Crippen MR) is 170 cm³/mol. The second-order valence-electron chi connectivity index (χ2n) is 11.2. The number of carbonyl (C=O) groups excluding carboxylic acids is 1. The first-order valence-corrected chi connectivity index (χ1v) is 16.3. The van der Waals surface area contributed by atoms with Gasteiger partial charge in [-0.3, -0.25) is 4.79 Å². The highest BCUT2D eigenvalue weighted by Gasteiger charge is 2.44. The fourth-order valence-corrected chi connectivity index (χ4v) is 4.76. The average Bonchev–Trinajstić information content (AvgIpc) is 3.00.